The maximum Gasteiger partial charge on any atom is 0.225 e. The molecule has 9 nitrogen and oxygen atoms in total. The summed E-state index contributed by atoms with van der Waals surface area (Å²) >= 11 is 0. The van der Waals surface area contributed by atoms with Crippen molar-refractivity contribution in [3.05, 3.63) is 54.1 Å². The molecule has 5 rings (SSSR count). The molecule has 2 aliphatic heterocycles. The number of anilines is 2. The second kappa shape index (κ2) is 10.1. The van der Waals surface area contributed by atoms with Gasteiger partial charge in [-0.2, -0.15) is 5.10 Å². The number of para-hydroxylation sites is 1. The lowest BCUT2D eigenvalue weighted by Gasteiger charge is -2.39. The topological polar surface area (TPSA) is 73.6 Å². The number of carbonyl (C=O) groups is 1. The molecule has 0 saturated carbocycles. The molecule has 3 aromatic rings. The fraction of sp³-hybridized carbons (Fsp3) is 0.462. The molecule has 4 heterocycles. The first kappa shape index (κ1) is 23.4. The van der Waals surface area contributed by atoms with E-state index in [1.54, 1.807) is 0 Å². The van der Waals surface area contributed by atoms with Crippen LogP contribution >= 0.6 is 0 Å². The maximum absolute atomic E-state index is 12.0. The molecule has 9 heteroatoms. The van der Waals surface area contributed by atoms with Gasteiger partial charge < -0.3 is 14.7 Å². The zero-order valence-electron chi connectivity index (χ0n) is 20.8. The zero-order chi connectivity index (χ0) is 24.4. The number of hydrogen-bond acceptors (Lipinski definition) is 8. The monoisotopic (exact) mass is 474 g/mol. The van der Waals surface area contributed by atoms with Gasteiger partial charge in [-0.15, -0.1) is 0 Å². The Morgan fingerprint density at radius 2 is 1.54 bits per heavy atom. The molecular formula is C26H34N8O. The number of rotatable bonds is 6. The Balaban J connectivity index is 1.29. The molecule has 2 saturated heterocycles. The third-order valence-electron chi connectivity index (χ3n) is 7.09. The van der Waals surface area contributed by atoms with Crippen molar-refractivity contribution in [3.8, 4) is 11.1 Å². The van der Waals surface area contributed by atoms with E-state index >= 15 is 0 Å². The first-order valence-corrected chi connectivity index (χ1v) is 12.4. The van der Waals surface area contributed by atoms with Crippen molar-refractivity contribution in [1.82, 2.24) is 29.5 Å². The Bertz CT molecular complexity index is 1140. The maximum atomic E-state index is 12.0. The summed E-state index contributed by atoms with van der Waals surface area (Å²) < 4.78 is 1.84. The van der Waals surface area contributed by atoms with Crippen LogP contribution in [0.25, 0.3) is 11.1 Å². The van der Waals surface area contributed by atoms with Crippen LogP contribution < -0.4 is 9.80 Å². The Morgan fingerprint density at radius 1 is 0.886 bits per heavy atom. The van der Waals surface area contributed by atoms with Gasteiger partial charge in [0.1, 0.15) is 0 Å². The minimum atomic E-state index is -0.364. The molecule has 1 aromatic carbocycles. The molecule has 1 unspecified atom stereocenters. The third kappa shape index (κ3) is 4.92. The summed E-state index contributed by atoms with van der Waals surface area (Å²) in [5.74, 6) is 0.803. The van der Waals surface area contributed by atoms with Crippen LogP contribution in [0.1, 0.15) is 17.6 Å². The SMILES string of the molecule is Cc1cc(C)n(C(C=O)N2CCN(c3ccccc3-c3cnc(N4CCN(C)CC4)nc3)CC2)n1. The number of aldehydes is 1. The van der Waals surface area contributed by atoms with E-state index in [1.807, 2.05) is 37.0 Å². The number of likely N-dealkylation sites (N-methyl/N-ethyl adjacent to an activating group) is 1. The van der Waals surface area contributed by atoms with Crippen molar-refractivity contribution in [3.63, 3.8) is 0 Å². The van der Waals surface area contributed by atoms with Crippen LogP contribution in [-0.4, -0.2) is 95.2 Å². The van der Waals surface area contributed by atoms with Crippen molar-refractivity contribution in [1.29, 1.82) is 0 Å². The summed E-state index contributed by atoms with van der Waals surface area (Å²) in [5, 5.41) is 4.54. The highest BCUT2D eigenvalue weighted by molar-refractivity contribution is 5.78. The smallest absolute Gasteiger partial charge is 0.225 e. The van der Waals surface area contributed by atoms with Gasteiger partial charge >= 0.3 is 0 Å². The van der Waals surface area contributed by atoms with Crippen LogP contribution in [0.5, 0.6) is 0 Å². The molecule has 0 bridgehead atoms. The molecule has 0 amide bonds. The highest BCUT2D eigenvalue weighted by Gasteiger charge is 2.27. The van der Waals surface area contributed by atoms with Gasteiger partial charge in [0, 0.05) is 87.3 Å². The van der Waals surface area contributed by atoms with Gasteiger partial charge in [-0.25, -0.2) is 14.6 Å². The quantitative estimate of drug-likeness (QED) is 0.504. The summed E-state index contributed by atoms with van der Waals surface area (Å²) in [7, 11) is 2.15. The lowest BCUT2D eigenvalue weighted by Crippen LogP contribution is -2.49. The van der Waals surface area contributed by atoms with E-state index in [-0.39, 0.29) is 6.17 Å². The van der Waals surface area contributed by atoms with E-state index in [0.29, 0.717) is 0 Å². The Morgan fingerprint density at radius 3 is 2.17 bits per heavy atom. The van der Waals surface area contributed by atoms with Gasteiger partial charge in [0.05, 0.1) is 5.69 Å². The van der Waals surface area contributed by atoms with Crippen LogP contribution in [0.15, 0.2) is 42.7 Å². The van der Waals surface area contributed by atoms with Crippen molar-refractivity contribution < 1.29 is 4.79 Å². The Kier molecular flexibility index (Phi) is 6.79. The number of hydrogen-bond donors (Lipinski definition) is 0. The summed E-state index contributed by atoms with van der Waals surface area (Å²) in [5.41, 5.74) is 5.28. The number of aryl methyl sites for hydroxylation is 2. The predicted octanol–water partition coefficient (Wildman–Crippen LogP) is 2.23. The largest absolute Gasteiger partial charge is 0.368 e. The van der Waals surface area contributed by atoms with E-state index in [0.717, 1.165) is 87.1 Å². The Labute approximate surface area is 207 Å². The number of benzene rings is 1. The van der Waals surface area contributed by atoms with Gasteiger partial charge in [-0.3, -0.25) is 9.69 Å². The second-order valence-electron chi connectivity index (χ2n) is 9.52. The van der Waals surface area contributed by atoms with Crippen molar-refractivity contribution in [2.45, 2.75) is 20.0 Å². The first-order valence-electron chi connectivity index (χ1n) is 12.4. The lowest BCUT2D eigenvalue weighted by molar-refractivity contribution is -0.116. The Hall–Kier alpha value is -3.30. The number of piperazine rings is 2. The van der Waals surface area contributed by atoms with Crippen LogP contribution in [-0.2, 0) is 4.79 Å². The van der Waals surface area contributed by atoms with E-state index in [1.165, 1.54) is 5.69 Å². The molecule has 1 atom stereocenters. The van der Waals surface area contributed by atoms with Gasteiger partial charge in [-0.05, 0) is 33.0 Å². The molecule has 2 fully saturated rings. The minimum absolute atomic E-state index is 0.364. The highest BCUT2D eigenvalue weighted by atomic mass is 16.1. The molecule has 2 aromatic heterocycles. The summed E-state index contributed by atoms with van der Waals surface area (Å²) in [6, 6.07) is 10.5. The molecule has 0 N–H and O–H groups in total. The number of carbonyl (C=O) groups excluding carboxylic acids is 1. The van der Waals surface area contributed by atoms with Gasteiger partial charge in [0.2, 0.25) is 5.95 Å². The second-order valence-corrected chi connectivity index (χ2v) is 9.52. The highest BCUT2D eigenvalue weighted by Crippen LogP contribution is 2.32. The van der Waals surface area contributed by atoms with E-state index in [4.69, 9.17) is 9.97 Å². The van der Waals surface area contributed by atoms with E-state index in [2.05, 4.69) is 56.0 Å². The fourth-order valence-corrected chi connectivity index (χ4v) is 5.06. The molecular weight excluding hydrogens is 440 g/mol. The van der Waals surface area contributed by atoms with Crippen molar-refractivity contribution in [2.24, 2.45) is 0 Å². The molecule has 35 heavy (non-hydrogen) atoms. The predicted molar refractivity (Wildman–Crippen MR) is 138 cm³/mol. The summed E-state index contributed by atoms with van der Waals surface area (Å²) in [4.78, 5) is 30.6. The third-order valence-corrected chi connectivity index (χ3v) is 7.09. The average molecular weight is 475 g/mol. The number of aromatic nitrogens is 4. The van der Waals surface area contributed by atoms with Crippen molar-refractivity contribution in [2.75, 3.05) is 69.2 Å². The van der Waals surface area contributed by atoms with Crippen LogP contribution in [0.4, 0.5) is 11.6 Å². The summed E-state index contributed by atoms with van der Waals surface area (Å²) in [6.07, 6.45) is 4.53. The fourth-order valence-electron chi connectivity index (χ4n) is 5.06. The lowest BCUT2D eigenvalue weighted by atomic mass is 10.1. The van der Waals surface area contributed by atoms with Gasteiger partial charge in [0.25, 0.3) is 0 Å². The standard InChI is InChI=1S/C26H34N8O/c1-20-16-21(2)34(29-20)25(19-35)32-14-12-31(13-15-32)24-7-5-4-6-23(24)22-17-27-26(28-18-22)33-10-8-30(3)9-11-33/h4-7,16-19,25H,8-15H2,1-3H3. The van der Waals surface area contributed by atoms with Crippen molar-refractivity contribution >= 4 is 17.9 Å². The molecule has 0 spiro atoms. The summed E-state index contributed by atoms with van der Waals surface area (Å²) in [6.45, 7) is 11.2. The van der Waals surface area contributed by atoms with E-state index < -0.39 is 0 Å². The number of nitrogens with zero attached hydrogens (tertiary/aromatic N) is 8. The zero-order valence-corrected chi connectivity index (χ0v) is 20.8. The normalized spacial score (nSPS) is 18.6. The molecule has 0 radical (unpaired) electrons. The van der Waals surface area contributed by atoms with Gasteiger partial charge in [0.15, 0.2) is 12.5 Å². The van der Waals surface area contributed by atoms with Crippen LogP contribution in [0.3, 0.4) is 0 Å². The van der Waals surface area contributed by atoms with Crippen LogP contribution in [0.2, 0.25) is 0 Å². The van der Waals surface area contributed by atoms with Crippen LogP contribution in [0, 0.1) is 13.8 Å². The molecule has 0 aliphatic carbocycles. The first-order chi connectivity index (χ1) is 17.0. The molecule has 184 valence electrons. The minimum Gasteiger partial charge on any atom is -0.368 e. The molecule has 2 aliphatic rings. The van der Waals surface area contributed by atoms with Gasteiger partial charge in [-0.1, -0.05) is 18.2 Å². The average Bonchev–Trinajstić information content (AvgIpc) is 3.23. The van der Waals surface area contributed by atoms with E-state index in [9.17, 15) is 4.79 Å².